The van der Waals surface area contributed by atoms with Gasteiger partial charge in [0.05, 0.1) is 5.69 Å². The molecule has 108 valence electrons. The van der Waals surface area contributed by atoms with Crippen LogP contribution < -0.4 is 4.90 Å². The molecule has 0 saturated carbocycles. The van der Waals surface area contributed by atoms with Gasteiger partial charge in [-0.1, -0.05) is 11.8 Å². The fraction of sp³-hybridized carbons (Fsp3) is 0.385. The number of nitrogens with zero attached hydrogens (tertiary/aromatic N) is 1. The van der Waals surface area contributed by atoms with Gasteiger partial charge >= 0.3 is 0 Å². The zero-order valence-electron chi connectivity index (χ0n) is 10.7. The zero-order chi connectivity index (χ0) is 14.9. The Balaban J connectivity index is 2.18. The number of carbonyl (C=O) groups is 2. The monoisotopic (exact) mass is 423 g/mol. The van der Waals surface area contributed by atoms with E-state index >= 15 is 0 Å². The number of hydrogen-bond donors (Lipinski definition) is 0. The largest absolute Gasteiger partial charge is 0.310 e. The van der Waals surface area contributed by atoms with E-state index in [2.05, 4.69) is 31.9 Å². The van der Waals surface area contributed by atoms with Gasteiger partial charge in [-0.25, -0.2) is 4.39 Å². The maximum atomic E-state index is 13.3. The molecule has 0 bridgehead atoms. The molecule has 0 spiro atoms. The van der Waals surface area contributed by atoms with Gasteiger partial charge in [0.15, 0.2) is 5.12 Å². The van der Waals surface area contributed by atoms with Crippen molar-refractivity contribution in [2.45, 2.75) is 13.3 Å². The van der Waals surface area contributed by atoms with Crippen molar-refractivity contribution in [3.63, 3.8) is 0 Å². The molecule has 1 fully saturated rings. The predicted molar refractivity (Wildman–Crippen MR) is 85.4 cm³/mol. The van der Waals surface area contributed by atoms with Crippen LogP contribution in [0.3, 0.4) is 0 Å². The molecule has 1 amide bonds. The predicted octanol–water partition coefficient (Wildman–Crippen LogP) is 3.98. The Labute approximate surface area is 137 Å². The van der Waals surface area contributed by atoms with Crippen molar-refractivity contribution in [3.05, 3.63) is 26.9 Å². The van der Waals surface area contributed by atoms with Gasteiger partial charge in [-0.15, -0.1) is 0 Å². The lowest BCUT2D eigenvalue weighted by molar-refractivity contribution is -0.117. The summed E-state index contributed by atoms with van der Waals surface area (Å²) < 4.78 is 14.4. The number of thioether (sulfide) groups is 1. The number of amides is 1. The van der Waals surface area contributed by atoms with E-state index in [1.807, 2.05) is 0 Å². The molecule has 2 rings (SSSR count). The molecule has 1 atom stereocenters. The van der Waals surface area contributed by atoms with Crippen LogP contribution in [-0.4, -0.2) is 23.3 Å². The van der Waals surface area contributed by atoms with Crippen LogP contribution in [0.25, 0.3) is 0 Å². The molecule has 1 unspecified atom stereocenters. The highest BCUT2D eigenvalue weighted by molar-refractivity contribution is 9.11. The highest BCUT2D eigenvalue weighted by atomic mass is 79.9. The lowest BCUT2D eigenvalue weighted by Crippen LogP contribution is -2.25. The summed E-state index contributed by atoms with van der Waals surface area (Å²) in [7, 11) is 0. The maximum Gasteiger partial charge on any atom is 0.227 e. The van der Waals surface area contributed by atoms with Gasteiger partial charge in [-0.05, 0) is 49.9 Å². The highest BCUT2D eigenvalue weighted by Gasteiger charge is 2.33. The Morgan fingerprint density at radius 3 is 2.60 bits per heavy atom. The molecule has 1 heterocycles. The topological polar surface area (TPSA) is 37.4 Å². The van der Waals surface area contributed by atoms with Gasteiger partial charge in [0.1, 0.15) is 5.82 Å². The molecule has 1 aromatic carbocycles. The average molecular weight is 425 g/mol. The molecule has 0 radical (unpaired) electrons. The fourth-order valence-electron chi connectivity index (χ4n) is 2.14. The van der Waals surface area contributed by atoms with Gasteiger partial charge < -0.3 is 4.90 Å². The van der Waals surface area contributed by atoms with E-state index in [0.29, 0.717) is 33.4 Å². The number of halogens is 3. The quantitative estimate of drug-likeness (QED) is 0.736. The molecule has 1 aromatic rings. The number of hydrogen-bond acceptors (Lipinski definition) is 3. The standard InChI is InChI=1S/C13H12Br2FNO2S/c1-7(18)20-6-8-2-12(19)17(5-8)13-10(14)3-9(16)4-11(13)15/h3-4,8H,2,5-6H2,1H3. The molecule has 1 saturated heterocycles. The first-order chi connectivity index (χ1) is 9.38. The molecular formula is C13H12Br2FNO2S. The highest BCUT2D eigenvalue weighted by Crippen LogP contribution is 2.38. The van der Waals surface area contributed by atoms with Crippen molar-refractivity contribution < 1.29 is 14.0 Å². The van der Waals surface area contributed by atoms with E-state index in [4.69, 9.17) is 0 Å². The van der Waals surface area contributed by atoms with E-state index in [1.54, 1.807) is 4.90 Å². The summed E-state index contributed by atoms with van der Waals surface area (Å²) in [6.45, 7) is 2.06. The molecule has 0 aromatic heterocycles. The minimum absolute atomic E-state index is 0.00726. The van der Waals surface area contributed by atoms with E-state index in [0.717, 1.165) is 0 Å². The summed E-state index contributed by atoms with van der Waals surface area (Å²) in [4.78, 5) is 24.7. The summed E-state index contributed by atoms with van der Waals surface area (Å²) in [5.41, 5.74) is 0.645. The molecular weight excluding hydrogens is 413 g/mol. The minimum atomic E-state index is -0.372. The number of benzene rings is 1. The lowest BCUT2D eigenvalue weighted by Gasteiger charge is -2.20. The summed E-state index contributed by atoms with van der Waals surface area (Å²) in [5.74, 6) is 0.392. The SMILES string of the molecule is CC(=O)SCC1CC(=O)N(c2c(Br)cc(F)cc2Br)C1. The Hall–Kier alpha value is -0.400. The molecule has 3 nitrogen and oxygen atoms in total. The van der Waals surface area contributed by atoms with Crippen molar-refractivity contribution in [3.8, 4) is 0 Å². The Kier molecular flexibility index (Phi) is 5.25. The van der Waals surface area contributed by atoms with Crippen LogP contribution in [0.5, 0.6) is 0 Å². The minimum Gasteiger partial charge on any atom is -0.310 e. The first-order valence-electron chi connectivity index (χ1n) is 5.96. The van der Waals surface area contributed by atoms with Crippen LogP contribution in [0.1, 0.15) is 13.3 Å². The first kappa shape index (κ1) is 16.0. The van der Waals surface area contributed by atoms with Crippen molar-refractivity contribution >= 4 is 60.3 Å². The van der Waals surface area contributed by atoms with Gasteiger partial charge in [0.25, 0.3) is 0 Å². The zero-order valence-corrected chi connectivity index (χ0v) is 14.6. The smallest absolute Gasteiger partial charge is 0.227 e. The normalized spacial score (nSPS) is 18.7. The summed E-state index contributed by atoms with van der Waals surface area (Å²) in [6.07, 6.45) is 0.413. The van der Waals surface area contributed by atoms with Crippen molar-refractivity contribution in [2.24, 2.45) is 5.92 Å². The third-order valence-electron chi connectivity index (χ3n) is 2.98. The second-order valence-electron chi connectivity index (χ2n) is 4.60. The van der Waals surface area contributed by atoms with Crippen LogP contribution >= 0.6 is 43.6 Å². The van der Waals surface area contributed by atoms with Gasteiger partial charge in [0, 0.05) is 34.6 Å². The Morgan fingerprint density at radius 2 is 2.05 bits per heavy atom. The van der Waals surface area contributed by atoms with Crippen molar-refractivity contribution in [2.75, 3.05) is 17.2 Å². The van der Waals surface area contributed by atoms with Crippen LogP contribution in [0.4, 0.5) is 10.1 Å². The molecule has 7 heteroatoms. The number of anilines is 1. The molecule has 0 aliphatic carbocycles. The van der Waals surface area contributed by atoms with E-state index in [1.165, 1.54) is 30.8 Å². The maximum absolute atomic E-state index is 13.3. The summed E-state index contributed by atoms with van der Waals surface area (Å²) in [5, 5.41) is 0.0556. The van der Waals surface area contributed by atoms with Crippen molar-refractivity contribution in [1.29, 1.82) is 0 Å². The first-order valence-corrected chi connectivity index (χ1v) is 8.54. The second-order valence-corrected chi connectivity index (χ2v) is 7.50. The van der Waals surface area contributed by atoms with Gasteiger partial charge in [-0.2, -0.15) is 0 Å². The van der Waals surface area contributed by atoms with Crippen LogP contribution in [0, 0.1) is 11.7 Å². The molecule has 1 aliphatic rings. The van der Waals surface area contributed by atoms with Gasteiger partial charge in [-0.3, -0.25) is 9.59 Å². The number of rotatable bonds is 3. The Morgan fingerprint density at radius 1 is 1.45 bits per heavy atom. The average Bonchev–Trinajstić information content (AvgIpc) is 2.67. The lowest BCUT2D eigenvalue weighted by atomic mass is 10.1. The molecule has 1 aliphatic heterocycles. The summed E-state index contributed by atoms with van der Waals surface area (Å²) >= 11 is 7.83. The fourth-order valence-corrected chi connectivity index (χ4v) is 4.39. The van der Waals surface area contributed by atoms with E-state index < -0.39 is 0 Å². The van der Waals surface area contributed by atoms with Crippen LogP contribution in [0.2, 0.25) is 0 Å². The van der Waals surface area contributed by atoms with E-state index in [9.17, 15) is 14.0 Å². The van der Waals surface area contributed by atoms with Crippen LogP contribution in [-0.2, 0) is 9.59 Å². The molecule has 20 heavy (non-hydrogen) atoms. The third-order valence-corrected chi connectivity index (χ3v) is 5.23. The summed E-state index contributed by atoms with van der Waals surface area (Å²) in [6, 6.07) is 2.68. The van der Waals surface area contributed by atoms with E-state index in [-0.39, 0.29) is 22.8 Å². The number of carbonyl (C=O) groups excluding carboxylic acids is 2. The molecule has 0 N–H and O–H groups in total. The Bertz CT molecular complexity index is 544. The van der Waals surface area contributed by atoms with Gasteiger partial charge in [0.2, 0.25) is 5.91 Å². The second kappa shape index (κ2) is 6.58. The third kappa shape index (κ3) is 3.62. The van der Waals surface area contributed by atoms with Crippen molar-refractivity contribution in [1.82, 2.24) is 0 Å². The van der Waals surface area contributed by atoms with Crippen LogP contribution in [0.15, 0.2) is 21.1 Å².